The highest BCUT2D eigenvalue weighted by molar-refractivity contribution is 5.89. The van der Waals surface area contributed by atoms with Crippen LogP contribution in [0.4, 0.5) is 5.69 Å². The Kier molecular flexibility index (Phi) is 3.57. The zero-order chi connectivity index (χ0) is 13.0. The number of aryl methyl sites for hydroxylation is 1. The van der Waals surface area contributed by atoms with Crippen molar-refractivity contribution in [1.82, 2.24) is 4.98 Å². The Morgan fingerprint density at radius 2 is 1.94 bits per heavy atom. The highest BCUT2D eigenvalue weighted by Gasteiger charge is 2.08. The molecule has 2 aromatic rings. The van der Waals surface area contributed by atoms with E-state index >= 15 is 0 Å². The SMILES string of the molecule is Cc1ccc(N)c(COC(=O)c2ccccc2)n1. The van der Waals surface area contributed by atoms with Crippen molar-refractivity contribution in [2.75, 3.05) is 5.73 Å². The molecule has 0 bridgehead atoms. The van der Waals surface area contributed by atoms with Crippen molar-refractivity contribution in [3.05, 3.63) is 59.4 Å². The molecule has 0 saturated carbocycles. The fourth-order valence-electron chi connectivity index (χ4n) is 1.53. The molecule has 18 heavy (non-hydrogen) atoms. The Labute approximate surface area is 105 Å². The molecular weight excluding hydrogens is 228 g/mol. The number of nitrogen functional groups attached to an aromatic ring is 1. The van der Waals surface area contributed by atoms with E-state index in [4.69, 9.17) is 10.5 Å². The number of ether oxygens (including phenoxy) is 1. The zero-order valence-corrected chi connectivity index (χ0v) is 10.1. The third kappa shape index (κ3) is 2.85. The highest BCUT2D eigenvalue weighted by atomic mass is 16.5. The summed E-state index contributed by atoms with van der Waals surface area (Å²) in [6.45, 7) is 1.95. The molecule has 2 rings (SSSR count). The Balaban J connectivity index is 2.04. The van der Waals surface area contributed by atoms with Gasteiger partial charge in [0.2, 0.25) is 0 Å². The van der Waals surface area contributed by atoms with E-state index in [9.17, 15) is 4.79 Å². The van der Waals surface area contributed by atoms with Gasteiger partial charge in [-0.25, -0.2) is 4.79 Å². The molecule has 1 aromatic heterocycles. The Morgan fingerprint density at radius 1 is 1.22 bits per heavy atom. The van der Waals surface area contributed by atoms with Gasteiger partial charge in [0.15, 0.2) is 0 Å². The van der Waals surface area contributed by atoms with Crippen LogP contribution >= 0.6 is 0 Å². The van der Waals surface area contributed by atoms with E-state index in [0.29, 0.717) is 16.9 Å². The van der Waals surface area contributed by atoms with Crippen molar-refractivity contribution < 1.29 is 9.53 Å². The van der Waals surface area contributed by atoms with Crippen LogP contribution in [0.2, 0.25) is 0 Å². The number of benzene rings is 1. The lowest BCUT2D eigenvalue weighted by molar-refractivity contribution is 0.0468. The van der Waals surface area contributed by atoms with Crippen LogP contribution in [0.15, 0.2) is 42.5 Å². The summed E-state index contributed by atoms with van der Waals surface area (Å²) in [6, 6.07) is 12.4. The van der Waals surface area contributed by atoms with Gasteiger partial charge in [-0.05, 0) is 31.2 Å². The summed E-state index contributed by atoms with van der Waals surface area (Å²) in [7, 11) is 0. The topological polar surface area (TPSA) is 65.2 Å². The third-order valence-corrected chi connectivity index (χ3v) is 2.50. The first-order valence-corrected chi connectivity index (χ1v) is 5.61. The molecule has 4 nitrogen and oxygen atoms in total. The van der Waals surface area contributed by atoms with E-state index in [1.54, 1.807) is 30.3 Å². The maximum atomic E-state index is 11.7. The van der Waals surface area contributed by atoms with Gasteiger partial charge in [-0.15, -0.1) is 0 Å². The van der Waals surface area contributed by atoms with Crippen molar-refractivity contribution in [3.63, 3.8) is 0 Å². The molecule has 0 amide bonds. The molecule has 92 valence electrons. The number of pyridine rings is 1. The Hall–Kier alpha value is -2.36. The number of carbonyl (C=O) groups is 1. The Morgan fingerprint density at radius 3 is 2.67 bits per heavy atom. The monoisotopic (exact) mass is 242 g/mol. The molecule has 1 aromatic carbocycles. The van der Waals surface area contributed by atoms with E-state index in [1.807, 2.05) is 19.1 Å². The third-order valence-electron chi connectivity index (χ3n) is 2.50. The number of aromatic nitrogens is 1. The molecular formula is C14H14N2O2. The van der Waals surface area contributed by atoms with Crippen LogP contribution in [-0.2, 0) is 11.3 Å². The standard InChI is InChI=1S/C14H14N2O2/c1-10-7-8-12(15)13(16-10)9-18-14(17)11-5-3-2-4-6-11/h2-8H,9,15H2,1H3. The maximum absolute atomic E-state index is 11.7. The van der Waals surface area contributed by atoms with Gasteiger partial charge in [0.05, 0.1) is 11.3 Å². The van der Waals surface area contributed by atoms with E-state index in [1.165, 1.54) is 0 Å². The highest BCUT2D eigenvalue weighted by Crippen LogP contribution is 2.12. The predicted octanol–water partition coefficient (Wildman–Crippen LogP) is 2.33. The largest absolute Gasteiger partial charge is 0.455 e. The second kappa shape index (κ2) is 5.31. The Bertz CT molecular complexity index is 553. The van der Waals surface area contributed by atoms with Gasteiger partial charge < -0.3 is 10.5 Å². The summed E-state index contributed by atoms with van der Waals surface area (Å²) in [6.07, 6.45) is 0. The van der Waals surface area contributed by atoms with Crippen LogP contribution in [0.3, 0.4) is 0 Å². The zero-order valence-electron chi connectivity index (χ0n) is 10.1. The van der Waals surface area contributed by atoms with E-state index in [2.05, 4.69) is 4.98 Å². The number of nitrogens with zero attached hydrogens (tertiary/aromatic N) is 1. The lowest BCUT2D eigenvalue weighted by atomic mass is 10.2. The first-order chi connectivity index (χ1) is 8.66. The molecule has 0 spiro atoms. The summed E-state index contributed by atoms with van der Waals surface area (Å²) in [5.41, 5.74) is 8.23. The van der Waals surface area contributed by atoms with Crippen molar-refractivity contribution in [1.29, 1.82) is 0 Å². The average molecular weight is 242 g/mol. The minimum Gasteiger partial charge on any atom is -0.455 e. The molecule has 0 aliphatic carbocycles. The summed E-state index contributed by atoms with van der Waals surface area (Å²) in [5.74, 6) is -0.377. The van der Waals surface area contributed by atoms with Crippen LogP contribution in [0.25, 0.3) is 0 Å². The molecule has 0 unspecified atom stereocenters. The van der Waals surface area contributed by atoms with E-state index in [0.717, 1.165) is 5.69 Å². The predicted molar refractivity (Wildman–Crippen MR) is 68.9 cm³/mol. The number of nitrogens with two attached hydrogens (primary N) is 1. The molecule has 0 saturated heterocycles. The summed E-state index contributed by atoms with van der Waals surface area (Å²) in [5, 5.41) is 0. The molecule has 2 N–H and O–H groups in total. The smallest absolute Gasteiger partial charge is 0.338 e. The summed E-state index contributed by atoms with van der Waals surface area (Å²) < 4.78 is 5.17. The summed E-state index contributed by atoms with van der Waals surface area (Å²) >= 11 is 0. The maximum Gasteiger partial charge on any atom is 0.338 e. The van der Waals surface area contributed by atoms with E-state index < -0.39 is 0 Å². The first-order valence-electron chi connectivity index (χ1n) is 5.61. The summed E-state index contributed by atoms with van der Waals surface area (Å²) in [4.78, 5) is 16.0. The lowest BCUT2D eigenvalue weighted by Gasteiger charge is -2.07. The van der Waals surface area contributed by atoms with Crippen LogP contribution < -0.4 is 5.73 Å². The minimum absolute atomic E-state index is 0.0846. The number of rotatable bonds is 3. The van der Waals surface area contributed by atoms with Gasteiger partial charge in [0, 0.05) is 5.69 Å². The van der Waals surface area contributed by atoms with Crippen molar-refractivity contribution in [3.8, 4) is 0 Å². The molecule has 1 heterocycles. The van der Waals surface area contributed by atoms with Crippen molar-refractivity contribution in [2.24, 2.45) is 0 Å². The van der Waals surface area contributed by atoms with Gasteiger partial charge in [-0.3, -0.25) is 4.98 Å². The van der Waals surface area contributed by atoms with Gasteiger partial charge in [-0.1, -0.05) is 18.2 Å². The normalized spacial score (nSPS) is 10.1. The lowest BCUT2D eigenvalue weighted by Crippen LogP contribution is -2.08. The first kappa shape index (κ1) is 12.1. The number of hydrogen-bond donors (Lipinski definition) is 1. The fourth-order valence-corrected chi connectivity index (χ4v) is 1.53. The molecule has 0 aliphatic rings. The second-order valence-electron chi connectivity index (χ2n) is 3.93. The second-order valence-corrected chi connectivity index (χ2v) is 3.93. The van der Waals surface area contributed by atoms with Crippen LogP contribution in [0.5, 0.6) is 0 Å². The van der Waals surface area contributed by atoms with Gasteiger partial charge in [0.25, 0.3) is 0 Å². The number of carbonyl (C=O) groups excluding carboxylic acids is 1. The molecule has 0 radical (unpaired) electrons. The quantitative estimate of drug-likeness (QED) is 0.839. The molecule has 4 heteroatoms. The number of hydrogen-bond acceptors (Lipinski definition) is 4. The van der Waals surface area contributed by atoms with Gasteiger partial charge in [-0.2, -0.15) is 0 Å². The van der Waals surface area contributed by atoms with Crippen LogP contribution in [-0.4, -0.2) is 11.0 Å². The average Bonchev–Trinajstić information content (AvgIpc) is 2.40. The number of esters is 1. The minimum atomic E-state index is -0.377. The molecule has 0 atom stereocenters. The van der Waals surface area contributed by atoms with Crippen molar-refractivity contribution in [2.45, 2.75) is 13.5 Å². The van der Waals surface area contributed by atoms with Crippen LogP contribution in [0.1, 0.15) is 21.7 Å². The van der Waals surface area contributed by atoms with Gasteiger partial charge >= 0.3 is 5.97 Å². The van der Waals surface area contributed by atoms with Crippen molar-refractivity contribution >= 4 is 11.7 Å². The molecule has 0 fully saturated rings. The fraction of sp³-hybridized carbons (Fsp3) is 0.143. The van der Waals surface area contributed by atoms with E-state index in [-0.39, 0.29) is 12.6 Å². The number of anilines is 1. The molecule has 0 aliphatic heterocycles. The van der Waals surface area contributed by atoms with Gasteiger partial charge in [0.1, 0.15) is 12.3 Å². The van der Waals surface area contributed by atoms with Crippen LogP contribution in [0, 0.1) is 6.92 Å².